The van der Waals surface area contributed by atoms with E-state index in [-0.39, 0.29) is 6.54 Å². The van der Waals surface area contributed by atoms with Gasteiger partial charge in [0.1, 0.15) is 5.56 Å². The van der Waals surface area contributed by atoms with Crippen molar-refractivity contribution in [2.75, 3.05) is 0 Å². The van der Waals surface area contributed by atoms with Crippen molar-refractivity contribution < 1.29 is 18.3 Å². The van der Waals surface area contributed by atoms with Crippen molar-refractivity contribution >= 4 is 27.6 Å². The zero-order chi connectivity index (χ0) is 14.8. The number of aromatic amines is 1. The summed E-state index contributed by atoms with van der Waals surface area (Å²) in [6.07, 6.45) is 0.937. The number of rotatable bonds is 5. The van der Waals surface area contributed by atoms with Gasteiger partial charge in [0.15, 0.2) is 5.03 Å². The Morgan fingerprint density at radius 2 is 2.10 bits per heavy atom. The van der Waals surface area contributed by atoms with Crippen LogP contribution in [0.5, 0.6) is 0 Å². The Kier molecular flexibility index (Phi) is 4.07. The molecule has 0 aliphatic rings. The van der Waals surface area contributed by atoms with E-state index in [1.54, 1.807) is 24.3 Å². The van der Waals surface area contributed by atoms with Crippen molar-refractivity contribution in [1.82, 2.24) is 14.9 Å². The van der Waals surface area contributed by atoms with Crippen molar-refractivity contribution in [3.05, 3.63) is 46.6 Å². The summed E-state index contributed by atoms with van der Waals surface area (Å²) in [6, 6.07) is 6.73. The molecule has 1 heterocycles. The van der Waals surface area contributed by atoms with E-state index in [4.69, 9.17) is 16.7 Å². The van der Waals surface area contributed by atoms with Crippen LogP contribution in [0.15, 0.2) is 35.5 Å². The minimum Gasteiger partial charge on any atom is -0.478 e. The molecular formula is C11H10ClN3O4S. The molecule has 20 heavy (non-hydrogen) atoms. The summed E-state index contributed by atoms with van der Waals surface area (Å²) in [5.41, 5.74) is 0.158. The van der Waals surface area contributed by atoms with Gasteiger partial charge in [-0.1, -0.05) is 29.8 Å². The van der Waals surface area contributed by atoms with Crippen LogP contribution in [0, 0.1) is 0 Å². The van der Waals surface area contributed by atoms with E-state index >= 15 is 0 Å². The monoisotopic (exact) mass is 315 g/mol. The first-order chi connectivity index (χ1) is 9.42. The van der Waals surface area contributed by atoms with E-state index in [1.165, 1.54) is 0 Å². The third-order valence-electron chi connectivity index (χ3n) is 2.51. The Hall–Kier alpha value is -1.90. The molecule has 3 N–H and O–H groups in total. The number of aromatic carboxylic acids is 1. The molecular weight excluding hydrogens is 306 g/mol. The zero-order valence-corrected chi connectivity index (χ0v) is 11.6. The van der Waals surface area contributed by atoms with Crippen LogP contribution in [0.4, 0.5) is 0 Å². The molecule has 0 bridgehead atoms. The van der Waals surface area contributed by atoms with Crippen LogP contribution in [0.25, 0.3) is 0 Å². The highest BCUT2D eigenvalue weighted by Gasteiger charge is 2.24. The van der Waals surface area contributed by atoms with Gasteiger partial charge < -0.3 is 5.11 Å². The molecule has 0 aliphatic carbocycles. The van der Waals surface area contributed by atoms with E-state index < -0.39 is 26.6 Å². The van der Waals surface area contributed by atoms with Crippen LogP contribution >= 0.6 is 11.6 Å². The fourth-order valence-electron chi connectivity index (χ4n) is 1.52. The number of carboxylic acid groups (broad SMARTS) is 1. The molecule has 0 amide bonds. The minimum absolute atomic E-state index is 0.0555. The third kappa shape index (κ3) is 2.98. The molecule has 2 rings (SSSR count). The molecule has 1 aromatic carbocycles. The van der Waals surface area contributed by atoms with Crippen LogP contribution in [0.1, 0.15) is 15.9 Å². The molecule has 0 saturated carbocycles. The number of nitrogens with one attached hydrogen (secondary N) is 2. The van der Waals surface area contributed by atoms with Gasteiger partial charge in [0.05, 0.1) is 6.20 Å². The molecule has 106 valence electrons. The van der Waals surface area contributed by atoms with Gasteiger partial charge in [-0.15, -0.1) is 0 Å². The molecule has 1 aromatic heterocycles. The fourth-order valence-corrected chi connectivity index (χ4v) is 2.81. The van der Waals surface area contributed by atoms with Gasteiger partial charge in [-0.3, -0.25) is 5.10 Å². The molecule has 0 fully saturated rings. The largest absolute Gasteiger partial charge is 0.478 e. The molecule has 7 nitrogen and oxygen atoms in total. The number of carbonyl (C=O) groups is 1. The van der Waals surface area contributed by atoms with Crippen LogP contribution < -0.4 is 4.72 Å². The zero-order valence-electron chi connectivity index (χ0n) is 10.00. The van der Waals surface area contributed by atoms with Crippen LogP contribution in [-0.2, 0) is 16.6 Å². The Morgan fingerprint density at radius 3 is 2.75 bits per heavy atom. The maximum absolute atomic E-state index is 12.0. The Balaban J connectivity index is 2.22. The number of hydrogen-bond acceptors (Lipinski definition) is 4. The average molecular weight is 316 g/mol. The fraction of sp³-hybridized carbons (Fsp3) is 0.0909. The SMILES string of the molecule is O=C(O)c1cn[nH]c1S(=O)(=O)NCc1ccccc1Cl. The second-order valence-electron chi connectivity index (χ2n) is 3.83. The van der Waals surface area contributed by atoms with Crippen molar-refractivity contribution in [1.29, 1.82) is 0 Å². The molecule has 0 unspecified atom stereocenters. The molecule has 0 spiro atoms. The Bertz CT molecular complexity index is 742. The van der Waals surface area contributed by atoms with Crippen molar-refractivity contribution in [3.63, 3.8) is 0 Å². The van der Waals surface area contributed by atoms with E-state index in [0.29, 0.717) is 10.6 Å². The number of H-pyrrole nitrogens is 1. The van der Waals surface area contributed by atoms with E-state index in [1.807, 2.05) is 0 Å². The second kappa shape index (κ2) is 5.61. The number of benzene rings is 1. The quantitative estimate of drug-likeness (QED) is 0.768. The Morgan fingerprint density at radius 1 is 1.40 bits per heavy atom. The molecule has 0 aliphatic heterocycles. The van der Waals surface area contributed by atoms with E-state index in [2.05, 4.69) is 14.9 Å². The minimum atomic E-state index is -4.02. The normalized spacial score (nSPS) is 11.4. The smallest absolute Gasteiger partial charge is 0.340 e. The summed E-state index contributed by atoms with van der Waals surface area (Å²) < 4.78 is 26.3. The second-order valence-corrected chi connectivity index (χ2v) is 5.94. The van der Waals surface area contributed by atoms with Crippen molar-refractivity contribution in [2.24, 2.45) is 0 Å². The lowest BCUT2D eigenvalue weighted by molar-refractivity contribution is 0.0692. The Labute approximate surface area is 119 Å². The highest BCUT2D eigenvalue weighted by molar-refractivity contribution is 7.89. The highest BCUT2D eigenvalue weighted by atomic mass is 35.5. The third-order valence-corrected chi connectivity index (χ3v) is 4.26. The van der Waals surface area contributed by atoms with Crippen LogP contribution in [-0.4, -0.2) is 29.7 Å². The number of hydrogen-bond donors (Lipinski definition) is 3. The summed E-state index contributed by atoms with van der Waals surface area (Å²) >= 11 is 5.91. The van der Waals surface area contributed by atoms with Gasteiger partial charge in [0.2, 0.25) is 0 Å². The first kappa shape index (κ1) is 14.5. The summed E-state index contributed by atoms with van der Waals surface area (Å²) in [7, 11) is -4.02. The summed E-state index contributed by atoms with van der Waals surface area (Å²) in [4.78, 5) is 10.9. The lowest BCUT2D eigenvalue weighted by atomic mass is 10.2. The van der Waals surface area contributed by atoms with Gasteiger partial charge in [-0.2, -0.15) is 5.10 Å². The predicted molar refractivity (Wildman–Crippen MR) is 71.0 cm³/mol. The maximum Gasteiger partial charge on any atom is 0.340 e. The van der Waals surface area contributed by atoms with Gasteiger partial charge in [-0.05, 0) is 11.6 Å². The van der Waals surface area contributed by atoms with Crippen LogP contribution in [0.2, 0.25) is 5.02 Å². The van der Waals surface area contributed by atoms with Gasteiger partial charge in [-0.25, -0.2) is 17.9 Å². The molecule has 0 radical (unpaired) electrons. The lowest BCUT2D eigenvalue weighted by Gasteiger charge is -2.07. The lowest BCUT2D eigenvalue weighted by Crippen LogP contribution is -2.25. The topological polar surface area (TPSA) is 112 Å². The summed E-state index contributed by atoms with van der Waals surface area (Å²) in [5, 5.41) is 14.4. The molecule has 0 atom stereocenters. The maximum atomic E-state index is 12.0. The summed E-state index contributed by atoms with van der Waals surface area (Å²) in [6.45, 7) is -0.0555. The standard InChI is InChI=1S/C11H10ClN3O4S/c12-9-4-2-1-3-7(9)5-14-20(18,19)10-8(11(16)17)6-13-15-10/h1-4,6,14H,5H2,(H,13,15)(H,16,17). The van der Waals surface area contributed by atoms with Crippen molar-refractivity contribution in [2.45, 2.75) is 11.6 Å². The average Bonchev–Trinajstić information content (AvgIpc) is 2.88. The molecule has 2 aromatic rings. The van der Waals surface area contributed by atoms with E-state index in [0.717, 1.165) is 6.20 Å². The summed E-state index contributed by atoms with van der Waals surface area (Å²) in [5.74, 6) is -1.38. The number of halogens is 1. The molecule has 0 saturated heterocycles. The number of carboxylic acids is 1. The highest BCUT2D eigenvalue weighted by Crippen LogP contribution is 2.16. The van der Waals surface area contributed by atoms with Crippen LogP contribution in [0.3, 0.4) is 0 Å². The van der Waals surface area contributed by atoms with E-state index in [9.17, 15) is 13.2 Å². The predicted octanol–water partition coefficient (Wildman–Crippen LogP) is 1.24. The molecule has 9 heteroatoms. The van der Waals surface area contributed by atoms with Crippen molar-refractivity contribution in [3.8, 4) is 0 Å². The number of nitrogens with zero attached hydrogens (tertiary/aromatic N) is 1. The first-order valence-corrected chi connectivity index (χ1v) is 7.27. The van der Waals surface area contributed by atoms with Gasteiger partial charge in [0.25, 0.3) is 10.0 Å². The van der Waals surface area contributed by atoms with Gasteiger partial charge >= 0.3 is 5.97 Å². The first-order valence-electron chi connectivity index (χ1n) is 5.41. The van der Waals surface area contributed by atoms with Gasteiger partial charge in [0, 0.05) is 11.6 Å². The number of sulfonamides is 1. The number of aromatic nitrogens is 2.